The fraction of sp³-hybridized carbons (Fsp3) is 0.692. The standard InChI is InChI=1S/C13H22N4O/c1-13(2,3)17-8-10(6-16-17)12(18)15-7-11(14)9-4-5-9/h6,8-9,11H,4-5,7,14H2,1-3H3,(H,15,18). The Kier molecular flexibility index (Phi) is 3.43. The minimum atomic E-state index is -0.108. The van der Waals surface area contributed by atoms with Crippen LogP contribution in [0.25, 0.3) is 0 Å². The van der Waals surface area contributed by atoms with E-state index in [1.54, 1.807) is 17.1 Å². The predicted octanol–water partition coefficient (Wildman–Crippen LogP) is 1.11. The Morgan fingerprint density at radius 3 is 2.78 bits per heavy atom. The van der Waals surface area contributed by atoms with E-state index in [0.717, 1.165) is 0 Å². The molecule has 1 aliphatic carbocycles. The van der Waals surface area contributed by atoms with Gasteiger partial charge in [0.25, 0.3) is 5.91 Å². The first kappa shape index (κ1) is 13.1. The fourth-order valence-electron chi connectivity index (χ4n) is 1.81. The first-order valence-electron chi connectivity index (χ1n) is 6.47. The maximum absolute atomic E-state index is 11.9. The molecule has 1 aromatic heterocycles. The molecule has 0 saturated heterocycles. The summed E-state index contributed by atoms with van der Waals surface area (Å²) < 4.78 is 1.79. The van der Waals surface area contributed by atoms with Gasteiger partial charge in [-0.3, -0.25) is 9.48 Å². The van der Waals surface area contributed by atoms with Gasteiger partial charge in [-0.1, -0.05) is 0 Å². The average molecular weight is 250 g/mol. The number of nitrogens with one attached hydrogen (secondary N) is 1. The van der Waals surface area contributed by atoms with Crippen molar-refractivity contribution in [2.75, 3.05) is 6.54 Å². The van der Waals surface area contributed by atoms with Crippen LogP contribution in [0.4, 0.5) is 0 Å². The maximum atomic E-state index is 11.9. The summed E-state index contributed by atoms with van der Waals surface area (Å²) >= 11 is 0. The molecule has 18 heavy (non-hydrogen) atoms. The molecule has 1 aliphatic rings. The number of carbonyl (C=O) groups is 1. The molecule has 0 bridgehead atoms. The lowest BCUT2D eigenvalue weighted by Gasteiger charge is -2.18. The molecule has 5 heteroatoms. The zero-order chi connectivity index (χ0) is 13.3. The second-order valence-corrected chi connectivity index (χ2v) is 6.06. The van der Waals surface area contributed by atoms with E-state index < -0.39 is 0 Å². The van der Waals surface area contributed by atoms with E-state index >= 15 is 0 Å². The normalized spacial score (nSPS) is 17.6. The Morgan fingerprint density at radius 2 is 2.28 bits per heavy atom. The Bertz CT molecular complexity index is 428. The Hall–Kier alpha value is -1.36. The van der Waals surface area contributed by atoms with Gasteiger partial charge in [0.05, 0.1) is 17.3 Å². The minimum absolute atomic E-state index is 0.0895. The molecule has 3 N–H and O–H groups in total. The van der Waals surface area contributed by atoms with Crippen molar-refractivity contribution in [1.29, 1.82) is 0 Å². The number of nitrogens with zero attached hydrogens (tertiary/aromatic N) is 2. The highest BCUT2D eigenvalue weighted by Gasteiger charge is 2.28. The zero-order valence-corrected chi connectivity index (χ0v) is 11.3. The van der Waals surface area contributed by atoms with Crippen LogP contribution in [0.1, 0.15) is 44.0 Å². The molecule has 100 valence electrons. The van der Waals surface area contributed by atoms with Gasteiger partial charge in [-0.15, -0.1) is 0 Å². The van der Waals surface area contributed by atoms with Crippen LogP contribution < -0.4 is 11.1 Å². The first-order valence-corrected chi connectivity index (χ1v) is 6.47. The van der Waals surface area contributed by atoms with Crippen molar-refractivity contribution in [1.82, 2.24) is 15.1 Å². The van der Waals surface area contributed by atoms with Crippen LogP contribution in [0.5, 0.6) is 0 Å². The minimum Gasteiger partial charge on any atom is -0.350 e. The van der Waals surface area contributed by atoms with Crippen LogP contribution >= 0.6 is 0 Å². The van der Waals surface area contributed by atoms with Crippen LogP contribution in [-0.4, -0.2) is 28.3 Å². The van der Waals surface area contributed by atoms with Gasteiger partial charge in [-0.2, -0.15) is 5.10 Å². The van der Waals surface area contributed by atoms with E-state index in [2.05, 4.69) is 10.4 Å². The number of carbonyl (C=O) groups excluding carboxylic acids is 1. The molecule has 1 atom stereocenters. The van der Waals surface area contributed by atoms with E-state index in [-0.39, 0.29) is 17.5 Å². The molecule has 1 amide bonds. The summed E-state index contributed by atoms with van der Waals surface area (Å²) in [6.45, 7) is 6.68. The summed E-state index contributed by atoms with van der Waals surface area (Å²) in [6, 6.07) is 0.0895. The maximum Gasteiger partial charge on any atom is 0.254 e. The van der Waals surface area contributed by atoms with Gasteiger partial charge in [-0.05, 0) is 39.5 Å². The van der Waals surface area contributed by atoms with Gasteiger partial charge < -0.3 is 11.1 Å². The molecule has 0 spiro atoms. The highest BCUT2D eigenvalue weighted by molar-refractivity contribution is 5.93. The Balaban J connectivity index is 1.90. The smallest absolute Gasteiger partial charge is 0.254 e. The highest BCUT2D eigenvalue weighted by atomic mass is 16.1. The average Bonchev–Trinajstić information content (AvgIpc) is 3.00. The van der Waals surface area contributed by atoms with Crippen molar-refractivity contribution in [3.8, 4) is 0 Å². The van der Waals surface area contributed by atoms with Crippen molar-refractivity contribution < 1.29 is 4.79 Å². The summed E-state index contributed by atoms with van der Waals surface area (Å²) in [5, 5.41) is 7.08. The van der Waals surface area contributed by atoms with Crippen LogP contribution in [0.3, 0.4) is 0 Å². The van der Waals surface area contributed by atoms with Gasteiger partial charge >= 0.3 is 0 Å². The van der Waals surface area contributed by atoms with E-state index in [1.165, 1.54) is 12.8 Å². The molecule has 1 fully saturated rings. The Labute approximate surface area is 108 Å². The van der Waals surface area contributed by atoms with Crippen molar-refractivity contribution in [2.45, 2.75) is 45.2 Å². The number of rotatable bonds is 4. The SMILES string of the molecule is CC(C)(C)n1cc(C(=O)NCC(N)C2CC2)cn1. The zero-order valence-electron chi connectivity index (χ0n) is 11.3. The van der Waals surface area contributed by atoms with Gasteiger partial charge in [-0.25, -0.2) is 0 Å². The third-order valence-electron chi connectivity index (χ3n) is 3.26. The highest BCUT2D eigenvalue weighted by Crippen LogP contribution is 2.31. The lowest BCUT2D eigenvalue weighted by atomic mass is 10.1. The van der Waals surface area contributed by atoms with Gasteiger partial charge in [0.15, 0.2) is 0 Å². The van der Waals surface area contributed by atoms with Crippen molar-refractivity contribution in [3.05, 3.63) is 18.0 Å². The van der Waals surface area contributed by atoms with Gasteiger partial charge in [0, 0.05) is 18.8 Å². The quantitative estimate of drug-likeness (QED) is 0.840. The number of nitrogens with two attached hydrogens (primary N) is 1. The number of amides is 1. The number of aromatic nitrogens is 2. The largest absolute Gasteiger partial charge is 0.350 e. The second-order valence-electron chi connectivity index (χ2n) is 6.06. The van der Waals surface area contributed by atoms with Crippen molar-refractivity contribution in [2.24, 2.45) is 11.7 Å². The third-order valence-corrected chi connectivity index (χ3v) is 3.26. The molecule has 5 nitrogen and oxygen atoms in total. The molecule has 1 aromatic rings. The first-order chi connectivity index (χ1) is 8.38. The summed E-state index contributed by atoms with van der Waals surface area (Å²) in [5.74, 6) is 0.504. The monoisotopic (exact) mass is 250 g/mol. The fourth-order valence-corrected chi connectivity index (χ4v) is 1.81. The Morgan fingerprint density at radius 1 is 1.61 bits per heavy atom. The van der Waals surface area contributed by atoms with Crippen molar-refractivity contribution >= 4 is 5.91 Å². The lowest BCUT2D eigenvalue weighted by molar-refractivity contribution is 0.0950. The van der Waals surface area contributed by atoms with E-state index in [4.69, 9.17) is 5.73 Å². The molecule has 1 saturated carbocycles. The van der Waals surface area contributed by atoms with E-state index in [1.807, 2.05) is 20.8 Å². The van der Waals surface area contributed by atoms with E-state index in [9.17, 15) is 4.79 Å². The molecule has 1 heterocycles. The van der Waals surface area contributed by atoms with Crippen molar-refractivity contribution in [3.63, 3.8) is 0 Å². The molecule has 1 unspecified atom stereocenters. The van der Waals surface area contributed by atoms with Gasteiger partial charge in [0.1, 0.15) is 0 Å². The summed E-state index contributed by atoms with van der Waals surface area (Å²) in [4.78, 5) is 11.9. The molecule has 0 aromatic carbocycles. The summed E-state index contributed by atoms with van der Waals surface area (Å²) in [5.41, 5.74) is 6.43. The third kappa shape index (κ3) is 3.10. The molecular formula is C13H22N4O. The molecule has 0 aliphatic heterocycles. The second kappa shape index (κ2) is 4.72. The van der Waals surface area contributed by atoms with Crippen LogP contribution in [0, 0.1) is 5.92 Å². The summed E-state index contributed by atoms with van der Waals surface area (Å²) in [6.07, 6.45) is 5.76. The summed E-state index contributed by atoms with van der Waals surface area (Å²) in [7, 11) is 0. The van der Waals surface area contributed by atoms with Crippen LogP contribution in [0.15, 0.2) is 12.4 Å². The number of hydrogen-bond donors (Lipinski definition) is 2. The predicted molar refractivity (Wildman–Crippen MR) is 70.3 cm³/mol. The van der Waals surface area contributed by atoms with Crippen LogP contribution in [0.2, 0.25) is 0 Å². The topological polar surface area (TPSA) is 72.9 Å². The molecule has 0 radical (unpaired) electrons. The number of hydrogen-bond acceptors (Lipinski definition) is 3. The van der Waals surface area contributed by atoms with Crippen LogP contribution in [-0.2, 0) is 5.54 Å². The lowest BCUT2D eigenvalue weighted by Crippen LogP contribution is -2.38. The van der Waals surface area contributed by atoms with Gasteiger partial charge in [0.2, 0.25) is 0 Å². The van der Waals surface area contributed by atoms with E-state index in [0.29, 0.717) is 18.0 Å². The molecule has 2 rings (SSSR count). The molecular weight excluding hydrogens is 228 g/mol.